The Balaban J connectivity index is 1.42. The van der Waals surface area contributed by atoms with Crippen LogP contribution in [0.2, 0.25) is 0 Å². The van der Waals surface area contributed by atoms with Crippen molar-refractivity contribution in [1.29, 1.82) is 0 Å². The second-order valence-electron chi connectivity index (χ2n) is 16.5. The summed E-state index contributed by atoms with van der Waals surface area (Å²) in [5, 5.41) is 24.2. The maximum Gasteiger partial charge on any atom is 0.469 e. The summed E-state index contributed by atoms with van der Waals surface area (Å²) in [6.45, 7) is 6.63. The van der Waals surface area contributed by atoms with Gasteiger partial charge in [-0.25, -0.2) is 9.55 Å². The predicted octanol–water partition coefficient (Wildman–Crippen LogP) is 0.807. The van der Waals surface area contributed by atoms with E-state index in [1.165, 1.54) is 24.3 Å². The van der Waals surface area contributed by atoms with Gasteiger partial charge in [-0.1, -0.05) is 49.3 Å². The lowest BCUT2D eigenvalue weighted by atomic mass is 10.0. The number of ether oxygens (including phenoxy) is 1. The Morgan fingerprint density at radius 2 is 1.60 bits per heavy atom. The van der Waals surface area contributed by atoms with E-state index in [-0.39, 0.29) is 24.7 Å². The quantitative estimate of drug-likeness (QED) is 0.0227. The molecule has 1 aliphatic heterocycles. The third-order valence-corrected chi connectivity index (χ3v) is 11.2. The van der Waals surface area contributed by atoms with Crippen LogP contribution in [0.4, 0.5) is 0 Å². The number of carbonyl (C=O) groups is 6. The highest BCUT2D eigenvalue weighted by molar-refractivity contribution is 7.46. The lowest BCUT2D eigenvalue weighted by Crippen LogP contribution is -2.61. The molecule has 0 spiro atoms. The summed E-state index contributed by atoms with van der Waals surface area (Å²) < 4.78 is 23.5. The van der Waals surface area contributed by atoms with E-state index in [9.17, 15) is 48.2 Å². The number of imidazole rings is 1. The van der Waals surface area contributed by atoms with Crippen LogP contribution < -0.4 is 31.7 Å². The molecule has 0 saturated carbocycles. The third kappa shape index (κ3) is 17.9. The molecule has 22 nitrogen and oxygen atoms in total. The molecule has 3 aromatic rings. The van der Waals surface area contributed by atoms with Crippen LogP contribution in [-0.2, 0) is 62.3 Å². The fraction of sp³-hybridized carbons (Fsp3) is 0.500. The molecule has 0 unspecified atom stereocenters. The number of amides is 6. The number of nitrogens with zero attached hydrogens (tertiary/aromatic N) is 4. The topological polar surface area (TPSA) is 315 Å². The molecule has 0 bridgehead atoms. The summed E-state index contributed by atoms with van der Waals surface area (Å²) in [5.41, 5.74) is 7.72. The van der Waals surface area contributed by atoms with Crippen LogP contribution in [0.15, 0.2) is 72.3 Å². The van der Waals surface area contributed by atoms with E-state index in [1.54, 1.807) is 10.8 Å². The van der Waals surface area contributed by atoms with Gasteiger partial charge in [0.2, 0.25) is 35.4 Å². The Labute approximate surface area is 388 Å². The van der Waals surface area contributed by atoms with E-state index < -0.39 is 80.3 Å². The van der Waals surface area contributed by atoms with Crippen LogP contribution in [0.3, 0.4) is 0 Å². The average molecular weight is 956 g/mol. The lowest BCUT2D eigenvalue weighted by molar-refractivity contribution is -0.139. The number of aryl methyl sites for hydroxylation is 1. The molecular formula is C44H62N9O13P. The molecule has 0 aliphatic carbocycles. The Morgan fingerprint density at radius 1 is 0.925 bits per heavy atom. The molecule has 6 atom stereocenters. The number of nitrogens with two attached hydrogens (primary N) is 1. The number of aromatic nitrogens is 2. The number of hydrogen-bond acceptors (Lipinski definition) is 13. The predicted molar refractivity (Wildman–Crippen MR) is 242 cm³/mol. The van der Waals surface area contributed by atoms with Gasteiger partial charge >= 0.3 is 7.82 Å². The van der Waals surface area contributed by atoms with Crippen molar-refractivity contribution < 1.29 is 62.3 Å². The van der Waals surface area contributed by atoms with E-state index in [4.69, 9.17) is 15.3 Å². The summed E-state index contributed by atoms with van der Waals surface area (Å²) in [4.78, 5) is 109. The van der Waals surface area contributed by atoms with Gasteiger partial charge in [0.05, 0.1) is 25.3 Å². The van der Waals surface area contributed by atoms with Crippen LogP contribution in [0.5, 0.6) is 5.75 Å². The summed E-state index contributed by atoms with van der Waals surface area (Å²) in [6, 6.07) is 10.3. The van der Waals surface area contributed by atoms with Crippen molar-refractivity contribution in [3.8, 4) is 5.75 Å². The number of phosphoric ester groups is 1. The van der Waals surface area contributed by atoms with Gasteiger partial charge in [-0.2, -0.15) is 0 Å². The number of carbonyl (C=O) groups excluding carboxylic acids is 6. The summed E-state index contributed by atoms with van der Waals surface area (Å²) in [5.74, 6) is -4.30. The van der Waals surface area contributed by atoms with Crippen LogP contribution in [0.25, 0.3) is 0 Å². The number of nitrogens with one attached hydrogen (secondary N) is 4. The second-order valence-corrected chi connectivity index (χ2v) is 17.6. The lowest BCUT2D eigenvalue weighted by Gasteiger charge is -2.28. The molecule has 2 aromatic carbocycles. The van der Waals surface area contributed by atoms with Crippen molar-refractivity contribution in [2.75, 3.05) is 19.8 Å². The summed E-state index contributed by atoms with van der Waals surface area (Å²) in [7, 11) is -5.13. The largest absolute Gasteiger partial charge is 0.489 e. The summed E-state index contributed by atoms with van der Waals surface area (Å²) >= 11 is 0. The van der Waals surface area contributed by atoms with E-state index >= 15 is 0 Å². The Hall–Kier alpha value is -6.19. The highest BCUT2D eigenvalue weighted by Crippen LogP contribution is 2.38. The van der Waals surface area contributed by atoms with Gasteiger partial charge in [-0.05, 0) is 80.3 Å². The molecule has 1 saturated heterocycles. The average Bonchev–Trinajstić information content (AvgIpc) is 3.96. The first-order valence-electron chi connectivity index (χ1n) is 21.9. The number of likely N-dealkylation sites (tertiary alicyclic amines) is 1. The SMILES string of the molecule is CC(=O)N1CCC[C@H]1C(=O)N[C@@H](CC(C)C)C(=O)N[C@@H](Cc1cncn1CCCCO/N=C\c1ccc(OCc2ccccc2)cc1)C(=O)N[C@@H](CO)C(=O)N[C@H](C(N)=O)[C@@H](C)OP(=O)(O)O. The number of aliphatic hydroxyl groups is 1. The number of aliphatic hydroxyl groups excluding tert-OH is 1. The Morgan fingerprint density at radius 3 is 2.24 bits per heavy atom. The molecule has 1 aromatic heterocycles. The number of hydrogen-bond donors (Lipinski definition) is 8. The standard InChI is InChI=1S/C44H62N9O13P/c1-28(2)21-35(49-44(60)38-13-10-19-53(38)30(4)55)41(57)48-36(42(58)50-37(25-54)43(59)51-39(40(45)56)29(3)66-67(61,62)63)22-33-24-46-27-52(33)18-8-9-20-65-47-23-31-14-16-34(17-15-31)64-26-32-11-6-5-7-12-32/h5-7,11-12,14-17,23-24,27-29,35-39,54H,8-10,13,18-22,25-26H2,1-4H3,(H2,45,56)(H,48,57)(H,49,60)(H,50,58)(H,51,59)(H2,61,62,63)/b47-23-/t29-,35+,36+,37+,38+,39+/m1/s1. The molecule has 2 heterocycles. The van der Waals surface area contributed by atoms with Crippen LogP contribution in [0.1, 0.15) is 76.6 Å². The minimum absolute atomic E-state index is 0.110. The van der Waals surface area contributed by atoms with Gasteiger partial charge in [-0.15, -0.1) is 0 Å². The van der Waals surface area contributed by atoms with Gasteiger partial charge in [0, 0.05) is 38.3 Å². The minimum atomic E-state index is -5.13. The fourth-order valence-electron chi connectivity index (χ4n) is 7.21. The highest BCUT2D eigenvalue weighted by atomic mass is 31.2. The maximum atomic E-state index is 14.1. The molecule has 9 N–H and O–H groups in total. The highest BCUT2D eigenvalue weighted by Gasteiger charge is 2.37. The zero-order valence-electron chi connectivity index (χ0n) is 38.0. The first-order chi connectivity index (χ1) is 31.8. The monoisotopic (exact) mass is 955 g/mol. The van der Waals surface area contributed by atoms with Crippen LogP contribution in [0, 0.1) is 5.92 Å². The van der Waals surface area contributed by atoms with Gasteiger partial charge in [0.25, 0.3) is 0 Å². The van der Waals surface area contributed by atoms with E-state index in [0.29, 0.717) is 57.7 Å². The van der Waals surface area contributed by atoms with Gasteiger partial charge in [0.15, 0.2) is 0 Å². The van der Waals surface area contributed by atoms with Crippen molar-refractivity contribution in [1.82, 2.24) is 35.7 Å². The molecule has 6 amide bonds. The van der Waals surface area contributed by atoms with Gasteiger partial charge in [0.1, 0.15) is 49.2 Å². The van der Waals surface area contributed by atoms with Crippen molar-refractivity contribution in [2.45, 2.75) is 116 Å². The first-order valence-corrected chi connectivity index (χ1v) is 23.4. The Bertz CT molecular complexity index is 2190. The third-order valence-electron chi connectivity index (χ3n) is 10.6. The number of phosphoric acid groups is 1. The molecule has 1 aliphatic rings. The van der Waals surface area contributed by atoms with E-state index in [2.05, 4.69) is 35.9 Å². The molecule has 1 fully saturated rings. The molecular weight excluding hydrogens is 894 g/mol. The fourth-order valence-corrected chi connectivity index (χ4v) is 7.76. The van der Waals surface area contributed by atoms with Crippen LogP contribution >= 0.6 is 7.82 Å². The Kier molecular flexibility index (Phi) is 20.9. The van der Waals surface area contributed by atoms with Crippen molar-refractivity contribution in [3.63, 3.8) is 0 Å². The van der Waals surface area contributed by atoms with Gasteiger partial charge in [-0.3, -0.25) is 33.3 Å². The zero-order valence-corrected chi connectivity index (χ0v) is 38.9. The second kappa shape index (κ2) is 26.2. The van der Waals surface area contributed by atoms with Crippen molar-refractivity contribution in [2.24, 2.45) is 16.8 Å². The van der Waals surface area contributed by atoms with E-state index in [0.717, 1.165) is 23.8 Å². The molecule has 23 heteroatoms. The zero-order chi connectivity index (χ0) is 49.1. The van der Waals surface area contributed by atoms with E-state index in [1.807, 2.05) is 68.4 Å². The molecule has 67 heavy (non-hydrogen) atoms. The molecule has 0 radical (unpaired) electrons. The normalized spacial score (nSPS) is 16.1. The number of oxime groups is 1. The number of unbranched alkanes of at least 4 members (excludes halogenated alkanes) is 1. The number of rotatable bonds is 27. The van der Waals surface area contributed by atoms with Crippen molar-refractivity contribution >= 4 is 49.5 Å². The van der Waals surface area contributed by atoms with Crippen LogP contribution in [-0.4, -0.2) is 127 Å². The maximum absolute atomic E-state index is 14.1. The number of benzene rings is 2. The first kappa shape index (κ1) is 53.4. The smallest absolute Gasteiger partial charge is 0.469 e. The van der Waals surface area contributed by atoms with Crippen molar-refractivity contribution in [3.05, 3.63) is 83.9 Å². The molecule has 366 valence electrons. The number of primary amides is 1. The minimum Gasteiger partial charge on any atom is -0.489 e. The molecule has 4 rings (SSSR count). The summed E-state index contributed by atoms with van der Waals surface area (Å²) in [6.07, 6.45) is 5.14. The van der Waals surface area contributed by atoms with Gasteiger partial charge < -0.3 is 60.9 Å².